The molecule has 0 aliphatic carbocycles. The summed E-state index contributed by atoms with van der Waals surface area (Å²) in [5.41, 5.74) is 0.654. The lowest BCUT2D eigenvalue weighted by molar-refractivity contribution is -0.138. The minimum Gasteiger partial charge on any atom is -0.463 e. The number of esters is 1. The highest BCUT2D eigenvalue weighted by Gasteiger charge is 2.30. The van der Waals surface area contributed by atoms with E-state index in [9.17, 15) is 18.0 Å². The minimum absolute atomic E-state index is 0.155. The van der Waals surface area contributed by atoms with Crippen molar-refractivity contribution in [3.05, 3.63) is 47.4 Å². The molecule has 8 heteroatoms. The quantitative estimate of drug-likeness (QED) is 0.512. The summed E-state index contributed by atoms with van der Waals surface area (Å²) < 4.78 is 44.4. The number of carbonyl (C=O) groups is 1. The second kappa shape index (κ2) is 8.83. The summed E-state index contributed by atoms with van der Waals surface area (Å²) in [7, 11) is 0. The van der Waals surface area contributed by atoms with E-state index in [-0.39, 0.29) is 18.3 Å². The standard InChI is InChI=1S/C19H22F3N3O2/c1-4-13(5-2)18-14(7-10-17(26)27-6-3)12-25(24-18)16-9-8-15(11-23-16)19(20,21)22/h7-13H,4-6H2,1-3H3. The van der Waals surface area contributed by atoms with Crippen molar-refractivity contribution in [3.8, 4) is 5.82 Å². The summed E-state index contributed by atoms with van der Waals surface area (Å²) in [5.74, 6) is -0.0399. The minimum atomic E-state index is -4.44. The summed E-state index contributed by atoms with van der Waals surface area (Å²) in [6.45, 7) is 6.05. The molecule has 0 spiro atoms. The van der Waals surface area contributed by atoms with Crippen LogP contribution >= 0.6 is 0 Å². The van der Waals surface area contributed by atoms with E-state index < -0.39 is 17.7 Å². The van der Waals surface area contributed by atoms with E-state index in [1.54, 1.807) is 19.2 Å². The first-order valence-corrected chi connectivity index (χ1v) is 8.78. The Kier molecular flexibility index (Phi) is 6.76. The van der Waals surface area contributed by atoms with E-state index in [0.717, 1.165) is 30.8 Å². The molecule has 2 heterocycles. The van der Waals surface area contributed by atoms with Crippen molar-refractivity contribution < 1.29 is 22.7 Å². The first kappa shape index (κ1) is 20.7. The van der Waals surface area contributed by atoms with E-state index >= 15 is 0 Å². The molecule has 2 rings (SSSR count). The molecule has 0 saturated carbocycles. The Morgan fingerprint density at radius 2 is 1.96 bits per heavy atom. The summed E-state index contributed by atoms with van der Waals surface area (Å²) in [6.07, 6.45) is 2.60. The maximum Gasteiger partial charge on any atom is 0.417 e. The number of carbonyl (C=O) groups excluding carboxylic acids is 1. The second-order valence-electron chi connectivity index (χ2n) is 5.92. The highest BCUT2D eigenvalue weighted by Crippen LogP contribution is 2.30. The molecule has 0 saturated heterocycles. The molecule has 27 heavy (non-hydrogen) atoms. The van der Waals surface area contributed by atoms with Crippen molar-refractivity contribution in [2.45, 2.75) is 45.7 Å². The van der Waals surface area contributed by atoms with Gasteiger partial charge in [0, 0.05) is 30.0 Å². The van der Waals surface area contributed by atoms with Crippen LogP contribution in [0.2, 0.25) is 0 Å². The van der Waals surface area contributed by atoms with Gasteiger partial charge < -0.3 is 4.74 Å². The number of aromatic nitrogens is 3. The van der Waals surface area contributed by atoms with Crippen LogP contribution < -0.4 is 0 Å². The van der Waals surface area contributed by atoms with Crippen molar-refractivity contribution in [2.75, 3.05) is 6.61 Å². The average Bonchev–Trinajstić information content (AvgIpc) is 3.05. The molecule has 2 aromatic heterocycles. The highest BCUT2D eigenvalue weighted by molar-refractivity contribution is 5.87. The normalized spacial score (nSPS) is 12.1. The Hall–Kier alpha value is -2.64. The van der Waals surface area contributed by atoms with Crippen LogP contribution in [-0.4, -0.2) is 27.3 Å². The summed E-state index contributed by atoms with van der Waals surface area (Å²) >= 11 is 0. The zero-order valence-electron chi connectivity index (χ0n) is 15.5. The first-order chi connectivity index (χ1) is 12.8. The topological polar surface area (TPSA) is 57.0 Å². The second-order valence-corrected chi connectivity index (χ2v) is 5.92. The molecule has 0 unspecified atom stereocenters. The lowest BCUT2D eigenvalue weighted by atomic mass is 9.96. The molecule has 0 fully saturated rings. The Morgan fingerprint density at radius 1 is 1.26 bits per heavy atom. The third-order valence-electron chi connectivity index (χ3n) is 4.14. The maximum atomic E-state index is 12.7. The van der Waals surface area contributed by atoms with Crippen molar-refractivity contribution in [2.24, 2.45) is 0 Å². The number of halogens is 3. The van der Waals surface area contributed by atoms with Gasteiger partial charge in [0.1, 0.15) is 0 Å². The van der Waals surface area contributed by atoms with E-state index in [4.69, 9.17) is 4.74 Å². The van der Waals surface area contributed by atoms with Gasteiger partial charge in [-0.25, -0.2) is 14.5 Å². The maximum absolute atomic E-state index is 12.7. The zero-order chi connectivity index (χ0) is 20.0. The SMILES string of the molecule is CCOC(=O)C=Cc1cn(-c2ccc(C(F)(F)F)cn2)nc1C(CC)CC. The van der Waals surface area contributed by atoms with Gasteiger partial charge in [-0.3, -0.25) is 0 Å². The number of alkyl halides is 3. The Balaban J connectivity index is 2.40. The summed E-state index contributed by atoms with van der Waals surface area (Å²) in [5, 5.41) is 4.51. The van der Waals surface area contributed by atoms with Crippen LogP contribution in [0.3, 0.4) is 0 Å². The van der Waals surface area contributed by atoms with Crippen molar-refractivity contribution in [1.82, 2.24) is 14.8 Å². The lowest BCUT2D eigenvalue weighted by Crippen LogP contribution is -2.07. The number of hydrogen-bond donors (Lipinski definition) is 0. The average molecular weight is 381 g/mol. The highest BCUT2D eigenvalue weighted by atomic mass is 19.4. The molecule has 146 valence electrons. The van der Waals surface area contributed by atoms with Gasteiger partial charge in [-0.1, -0.05) is 13.8 Å². The van der Waals surface area contributed by atoms with Crippen molar-refractivity contribution in [1.29, 1.82) is 0 Å². The van der Waals surface area contributed by atoms with Gasteiger partial charge >= 0.3 is 12.1 Å². The van der Waals surface area contributed by atoms with E-state index in [2.05, 4.69) is 10.1 Å². The largest absolute Gasteiger partial charge is 0.463 e. The van der Waals surface area contributed by atoms with E-state index in [1.165, 1.54) is 16.8 Å². The van der Waals surface area contributed by atoms with Crippen LogP contribution in [0.15, 0.2) is 30.6 Å². The molecular weight excluding hydrogens is 359 g/mol. The van der Waals surface area contributed by atoms with Crippen molar-refractivity contribution >= 4 is 12.0 Å². The Morgan fingerprint density at radius 3 is 2.48 bits per heavy atom. The molecule has 0 bridgehead atoms. The smallest absolute Gasteiger partial charge is 0.417 e. The van der Waals surface area contributed by atoms with Gasteiger partial charge in [0.2, 0.25) is 0 Å². The van der Waals surface area contributed by atoms with E-state index in [0.29, 0.717) is 5.56 Å². The molecule has 0 aliphatic rings. The molecule has 0 aromatic carbocycles. The molecule has 5 nitrogen and oxygen atoms in total. The van der Waals surface area contributed by atoms with Crippen LogP contribution in [-0.2, 0) is 15.7 Å². The molecule has 0 N–H and O–H groups in total. The molecular formula is C19H22F3N3O2. The van der Waals surface area contributed by atoms with Crippen LogP contribution in [0.4, 0.5) is 13.2 Å². The predicted molar refractivity (Wildman–Crippen MR) is 95.4 cm³/mol. The fourth-order valence-electron chi connectivity index (χ4n) is 2.68. The predicted octanol–water partition coefficient (Wildman–Crippen LogP) is 4.77. The lowest BCUT2D eigenvalue weighted by Gasteiger charge is -2.10. The fourth-order valence-corrected chi connectivity index (χ4v) is 2.68. The van der Waals surface area contributed by atoms with Gasteiger partial charge in [0.05, 0.1) is 17.9 Å². The molecule has 0 aliphatic heterocycles. The molecule has 2 aromatic rings. The van der Waals surface area contributed by atoms with Gasteiger partial charge in [-0.15, -0.1) is 0 Å². The number of rotatable bonds is 7. The fraction of sp³-hybridized carbons (Fsp3) is 0.421. The van der Waals surface area contributed by atoms with Gasteiger partial charge in [0.25, 0.3) is 0 Å². The number of ether oxygens (including phenoxy) is 1. The number of nitrogens with zero attached hydrogens (tertiary/aromatic N) is 3. The van der Waals surface area contributed by atoms with Crippen LogP contribution in [0.25, 0.3) is 11.9 Å². The van der Waals surface area contributed by atoms with Crippen LogP contribution in [0.1, 0.15) is 56.4 Å². The third kappa shape index (κ3) is 5.18. The summed E-state index contributed by atoms with van der Waals surface area (Å²) in [4.78, 5) is 15.5. The van der Waals surface area contributed by atoms with Crippen LogP contribution in [0, 0.1) is 0 Å². The van der Waals surface area contributed by atoms with Gasteiger partial charge in [-0.2, -0.15) is 18.3 Å². The third-order valence-corrected chi connectivity index (χ3v) is 4.14. The van der Waals surface area contributed by atoms with Crippen LogP contribution in [0.5, 0.6) is 0 Å². The zero-order valence-corrected chi connectivity index (χ0v) is 15.5. The molecule has 0 amide bonds. The number of hydrogen-bond acceptors (Lipinski definition) is 4. The van der Waals surface area contributed by atoms with Gasteiger partial charge in [-0.05, 0) is 38.0 Å². The van der Waals surface area contributed by atoms with E-state index in [1.807, 2.05) is 13.8 Å². The molecule has 0 radical (unpaired) electrons. The van der Waals surface area contributed by atoms with Gasteiger partial charge in [0.15, 0.2) is 5.82 Å². The van der Waals surface area contributed by atoms with Crippen molar-refractivity contribution in [3.63, 3.8) is 0 Å². The summed E-state index contributed by atoms with van der Waals surface area (Å²) in [6, 6.07) is 2.24. The Bertz CT molecular complexity index is 792. The molecule has 0 atom stereocenters. The monoisotopic (exact) mass is 381 g/mol. The Labute approximate surface area is 155 Å². The first-order valence-electron chi connectivity index (χ1n) is 8.78. The number of pyridine rings is 1.